The van der Waals surface area contributed by atoms with Crippen molar-refractivity contribution in [2.45, 2.75) is 117 Å². The molecule has 0 aromatic heterocycles. The summed E-state index contributed by atoms with van der Waals surface area (Å²) in [6, 6.07) is 0. The molecule has 3 heteroatoms. The molecule has 2 aliphatic rings. The van der Waals surface area contributed by atoms with Crippen LogP contribution in [0.4, 0.5) is 0 Å². The second-order valence-corrected chi connectivity index (χ2v) is 21.5. The van der Waals surface area contributed by atoms with Gasteiger partial charge in [0.2, 0.25) is 0 Å². The first kappa shape index (κ1) is 21.8. The summed E-state index contributed by atoms with van der Waals surface area (Å²) in [4.78, 5) is 0. The van der Waals surface area contributed by atoms with Crippen molar-refractivity contribution in [3.63, 3.8) is 0 Å². The molecule has 146 valence electrons. The molecule has 0 radical (unpaired) electrons. The Labute approximate surface area is 161 Å². The van der Waals surface area contributed by atoms with Gasteiger partial charge in [0.1, 0.15) is 0 Å². The van der Waals surface area contributed by atoms with Gasteiger partial charge in [0, 0.05) is 0 Å². The van der Waals surface area contributed by atoms with Crippen LogP contribution < -0.4 is 0 Å². The molecule has 25 heavy (non-hydrogen) atoms. The zero-order valence-electron chi connectivity index (χ0n) is 17.2. The minimum atomic E-state index is -2.17. The monoisotopic (exact) mass is 458 g/mol. The fourth-order valence-electron chi connectivity index (χ4n) is 4.55. The van der Waals surface area contributed by atoms with Crippen molar-refractivity contribution < 1.29 is 9.47 Å². The summed E-state index contributed by atoms with van der Waals surface area (Å²) in [5.41, 5.74) is 0. The van der Waals surface area contributed by atoms with Gasteiger partial charge in [-0.1, -0.05) is 0 Å². The Morgan fingerprint density at radius 1 is 0.880 bits per heavy atom. The van der Waals surface area contributed by atoms with Gasteiger partial charge < -0.3 is 0 Å². The molecule has 1 saturated carbocycles. The van der Waals surface area contributed by atoms with Gasteiger partial charge in [-0.2, -0.15) is 0 Å². The summed E-state index contributed by atoms with van der Waals surface area (Å²) in [6.45, 7) is 7.83. The number of ether oxygens (including phenoxy) is 2. The summed E-state index contributed by atoms with van der Waals surface area (Å²) in [6.07, 6.45) is 17.1. The van der Waals surface area contributed by atoms with Gasteiger partial charge in [-0.15, -0.1) is 0 Å². The zero-order chi connectivity index (χ0) is 18.0. The van der Waals surface area contributed by atoms with Crippen molar-refractivity contribution in [3.05, 3.63) is 10.2 Å². The molecule has 1 heterocycles. The van der Waals surface area contributed by atoms with Crippen molar-refractivity contribution in [1.82, 2.24) is 0 Å². The normalized spacial score (nSPS) is 23.7. The fraction of sp³-hybridized carbons (Fsp3) is 0.909. The molecule has 0 aromatic carbocycles. The molecule has 2 nitrogen and oxygen atoms in total. The zero-order valence-corrected chi connectivity index (χ0v) is 20.0. The SMILES string of the molecule is CCC[CH2][Sn](/[CH]=C\[C@H]1COC2(CCCCC2)O1)([CH2]CCC)[CH2]CCC. The third-order valence-electron chi connectivity index (χ3n) is 6.24. The van der Waals surface area contributed by atoms with E-state index in [2.05, 4.69) is 30.9 Å². The van der Waals surface area contributed by atoms with Crippen LogP contribution in [-0.2, 0) is 9.47 Å². The minimum absolute atomic E-state index is 0.221. The van der Waals surface area contributed by atoms with Gasteiger partial charge in [0.25, 0.3) is 0 Å². The third kappa shape index (κ3) is 6.84. The molecule has 1 spiro atoms. The first-order valence-electron chi connectivity index (χ1n) is 11.2. The van der Waals surface area contributed by atoms with E-state index in [0.29, 0.717) is 0 Å². The van der Waals surface area contributed by atoms with E-state index in [1.54, 1.807) is 13.3 Å². The third-order valence-corrected chi connectivity index (χ3v) is 20.4. The van der Waals surface area contributed by atoms with Gasteiger partial charge in [-0.3, -0.25) is 0 Å². The molecule has 1 aliphatic heterocycles. The summed E-state index contributed by atoms with van der Waals surface area (Å²) in [7, 11) is 0. The van der Waals surface area contributed by atoms with E-state index in [1.165, 1.54) is 57.8 Å². The summed E-state index contributed by atoms with van der Waals surface area (Å²) < 4.78 is 20.0. The van der Waals surface area contributed by atoms with Crippen LogP contribution >= 0.6 is 0 Å². The molecule has 0 aromatic rings. The fourth-order valence-corrected chi connectivity index (χ4v) is 18.9. The average Bonchev–Trinajstić information content (AvgIpc) is 3.03. The first-order valence-corrected chi connectivity index (χ1v) is 18.9. The summed E-state index contributed by atoms with van der Waals surface area (Å²) in [5, 5.41) is 0. The Morgan fingerprint density at radius 3 is 1.96 bits per heavy atom. The Morgan fingerprint density at radius 2 is 1.44 bits per heavy atom. The van der Waals surface area contributed by atoms with Crippen LogP contribution in [0.5, 0.6) is 0 Å². The molecule has 1 aliphatic carbocycles. The van der Waals surface area contributed by atoms with Gasteiger partial charge in [0.15, 0.2) is 0 Å². The molecule has 0 bridgehead atoms. The Kier molecular flexibility index (Phi) is 9.86. The quantitative estimate of drug-likeness (QED) is 0.311. The van der Waals surface area contributed by atoms with E-state index in [1.807, 2.05) is 0 Å². The maximum atomic E-state index is 6.42. The predicted octanol–water partition coefficient (Wildman–Crippen LogP) is 7.01. The van der Waals surface area contributed by atoms with Crippen molar-refractivity contribution in [2.24, 2.45) is 0 Å². The molecule has 2 fully saturated rings. The van der Waals surface area contributed by atoms with Crippen molar-refractivity contribution in [1.29, 1.82) is 0 Å². The standard InChI is InChI=1S/C10H15O2.3C4H9.Sn/c1-2-9-8-11-10(12-9)6-4-3-5-7-10;3*1-3-4-2;/h1-2,9H,3-8H2;3*1,3-4H2,2H3;/t9-;;;;/m0..../s1. The second-order valence-electron chi connectivity index (χ2n) is 8.47. The Bertz CT molecular complexity index is 366. The molecule has 0 unspecified atom stereocenters. The predicted molar refractivity (Wildman–Crippen MR) is 111 cm³/mol. The average molecular weight is 457 g/mol. The van der Waals surface area contributed by atoms with E-state index in [-0.39, 0.29) is 11.9 Å². The molecule has 1 saturated heterocycles. The van der Waals surface area contributed by atoms with Crippen LogP contribution in [0.1, 0.15) is 91.4 Å². The van der Waals surface area contributed by atoms with E-state index < -0.39 is 18.4 Å². The number of unbranched alkanes of at least 4 members (excludes halogenated alkanes) is 3. The van der Waals surface area contributed by atoms with Crippen LogP contribution in [0.15, 0.2) is 10.2 Å². The molecular formula is C22H42O2Sn. The van der Waals surface area contributed by atoms with Crippen molar-refractivity contribution in [3.8, 4) is 0 Å². The summed E-state index contributed by atoms with van der Waals surface area (Å²) >= 11 is -2.17. The van der Waals surface area contributed by atoms with Crippen LogP contribution in [0.3, 0.4) is 0 Å². The van der Waals surface area contributed by atoms with Crippen LogP contribution in [0, 0.1) is 0 Å². The van der Waals surface area contributed by atoms with Gasteiger partial charge in [-0.25, -0.2) is 0 Å². The van der Waals surface area contributed by atoms with Crippen molar-refractivity contribution >= 4 is 18.4 Å². The van der Waals surface area contributed by atoms with Crippen molar-refractivity contribution in [2.75, 3.05) is 6.61 Å². The topological polar surface area (TPSA) is 18.5 Å². The molecule has 1 atom stereocenters. The summed E-state index contributed by atoms with van der Waals surface area (Å²) in [5.74, 6) is -0.221. The van der Waals surface area contributed by atoms with E-state index in [9.17, 15) is 0 Å². The van der Waals surface area contributed by atoms with Crippen LogP contribution in [-0.4, -0.2) is 36.9 Å². The Balaban J connectivity index is 2.01. The molecule has 2 rings (SSSR count). The number of hydrogen-bond acceptors (Lipinski definition) is 2. The number of hydrogen-bond donors (Lipinski definition) is 0. The maximum absolute atomic E-state index is 6.42. The first-order chi connectivity index (χ1) is 12.2. The van der Waals surface area contributed by atoms with Gasteiger partial charge >= 0.3 is 161 Å². The molecule has 0 amide bonds. The van der Waals surface area contributed by atoms with E-state index >= 15 is 0 Å². The Hall–Kier alpha value is 0.459. The van der Waals surface area contributed by atoms with E-state index in [0.717, 1.165) is 19.4 Å². The second kappa shape index (κ2) is 11.3. The van der Waals surface area contributed by atoms with Gasteiger partial charge in [-0.05, 0) is 0 Å². The van der Waals surface area contributed by atoms with Crippen LogP contribution in [0.25, 0.3) is 0 Å². The van der Waals surface area contributed by atoms with Gasteiger partial charge in [0.05, 0.1) is 0 Å². The molecular weight excluding hydrogens is 415 g/mol. The molecule has 0 N–H and O–H groups in total. The van der Waals surface area contributed by atoms with E-state index in [4.69, 9.17) is 9.47 Å². The number of rotatable bonds is 11. The van der Waals surface area contributed by atoms with Crippen LogP contribution in [0.2, 0.25) is 13.3 Å².